The molecule has 0 aliphatic carbocycles. The van der Waals surface area contributed by atoms with Gasteiger partial charge in [0.1, 0.15) is 25.5 Å². The van der Waals surface area contributed by atoms with Gasteiger partial charge in [0.25, 0.3) is 5.91 Å². The second kappa shape index (κ2) is 11.0. The Kier molecular flexibility index (Phi) is 7.53. The number of carbonyl (C=O) groups is 1. The van der Waals surface area contributed by atoms with Crippen LogP contribution >= 0.6 is 0 Å². The number of hydrogen-bond donors (Lipinski definition) is 1. The minimum absolute atomic E-state index is 0.280. The molecule has 4 aromatic heterocycles. The van der Waals surface area contributed by atoms with Gasteiger partial charge in [0, 0.05) is 67.6 Å². The van der Waals surface area contributed by atoms with Gasteiger partial charge < -0.3 is 14.8 Å². The molecule has 1 amide bonds. The first-order chi connectivity index (χ1) is 19.2. The van der Waals surface area contributed by atoms with Crippen LogP contribution in [0.3, 0.4) is 0 Å². The van der Waals surface area contributed by atoms with Crippen molar-refractivity contribution in [2.45, 2.75) is 37.4 Å². The molecule has 0 unspecified atom stereocenters. The van der Waals surface area contributed by atoms with Gasteiger partial charge in [-0.25, -0.2) is 19.9 Å². The number of nitrogens with one attached hydrogen (secondary N) is 1. The van der Waals surface area contributed by atoms with Crippen LogP contribution in [0, 0.1) is 11.3 Å². The molecule has 1 N–H and O–H groups in total. The summed E-state index contributed by atoms with van der Waals surface area (Å²) in [7, 11) is 2.11. The maximum atomic E-state index is 13.0. The average Bonchev–Trinajstić information content (AvgIpc) is 3.62. The van der Waals surface area contributed by atoms with Crippen molar-refractivity contribution in [3.05, 3.63) is 54.8 Å². The molecule has 5 heterocycles. The Hall–Kier alpha value is -4.32. The van der Waals surface area contributed by atoms with E-state index in [0.717, 1.165) is 34.9 Å². The Bertz CT molecular complexity index is 1540. The van der Waals surface area contributed by atoms with E-state index in [-0.39, 0.29) is 11.1 Å². The highest BCUT2D eigenvalue weighted by atomic mass is 19.4. The number of nitrogens with zero attached hydrogens (tertiary/aromatic N) is 9. The van der Waals surface area contributed by atoms with Crippen LogP contribution in [0.25, 0.3) is 22.3 Å². The lowest BCUT2D eigenvalue weighted by Gasteiger charge is -2.46. The number of hydrogen-bond acceptors (Lipinski definition) is 8. The van der Waals surface area contributed by atoms with Gasteiger partial charge in [0.2, 0.25) is 5.82 Å². The Morgan fingerprint density at radius 3 is 2.70 bits per heavy atom. The summed E-state index contributed by atoms with van der Waals surface area (Å²) in [5, 5.41) is 14.6. The first-order valence-electron chi connectivity index (χ1n) is 12.8. The summed E-state index contributed by atoms with van der Waals surface area (Å²) in [6.07, 6.45) is 5.06. The molecule has 0 radical (unpaired) electrons. The fourth-order valence-electron chi connectivity index (χ4n) is 5.13. The third-order valence-corrected chi connectivity index (χ3v) is 7.23. The monoisotopic (exact) mass is 550 g/mol. The topological polar surface area (TPSA) is 133 Å². The normalized spacial score (nSPS) is 16.1. The molecule has 40 heavy (non-hydrogen) atoms. The Balaban J connectivity index is 1.30. The minimum Gasteiger partial charge on any atom is -0.346 e. The number of amides is 1. The van der Waals surface area contributed by atoms with Crippen LogP contribution in [0.1, 0.15) is 35.6 Å². The van der Waals surface area contributed by atoms with Crippen molar-refractivity contribution in [2.24, 2.45) is 0 Å². The van der Waals surface area contributed by atoms with Crippen molar-refractivity contribution >= 4 is 24.8 Å². The SMILES string of the molecule is B[C@@](CCCC#N)(Cn1cc(-c2ncnc3[nH]ccc23)cn1)N1CCN(C(=O)c2ccnc(C(F)(F)F)n2)CC1. The van der Waals surface area contributed by atoms with E-state index in [4.69, 9.17) is 5.26 Å². The highest BCUT2D eigenvalue weighted by Gasteiger charge is 2.37. The molecular formula is C25H26BF3N10O. The summed E-state index contributed by atoms with van der Waals surface area (Å²) in [5.74, 6) is -1.89. The van der Waals surface area contributed by atoms with Gasteiger partial charge in [-0.1, -0.05) is 0 Å². The summed E-state index contributed by atoms with van der Waals surface area (Å²) in [6.45, 7) is 2.21. The quantitative estimate of drug-likeness (QED) is 0.261. The van der Waals surface area contributed by atoms with Crippen LogP contribution in [-0.2, 0) is 12.7 Å². The van der Waals surface area contributed by atoms with Gasteiger partial charge >= 0.3 is 6.18 Å². The first kappa shape index (κ1) is 27.3. The van der Waals surface area contributed by atoms with Gasteiger partial charge in [0.05, 0.1) is 24.5 Å². The molecule has 15 heteroatoms. The van der Waals surface area contributed by atoms with E-state index in [2.05, 4.69) is 48.8 Å². The number of carbonyl (C=O) groups excluding carboxylic acids is 1. The Labute approximate surface area is 228 Å². The van der Waals surface area contributed by atoms with Gasteiger partial charge in [-0.3, -0.25) is 9.48 Å². The van der Waals surface area contributed by atoms with E-state index in [1.165, 1.54) is 17.3 Å². The van der Waals surface area contributed by atoms with Gasteiger partial charge in [-0.2, -0.15) is 23.5 Å². The maximum Gasteiger partial charge on any atom is 0.451 e. The lowest BCUT2D eigenvalue weighted by Crippen LogP contribution is -2.60. The van der Waals surface area contributed by atoms with Crippen molar-refractivity contribution in [2.75, 3.05) is 26.2 Å². The smallest absolute Gasteiger partial charge is 0.346 e. The van der Waals surface area contributed by atoms with Gasteiger partial charge in [-0.05, 0) is 25.0 Å². The molecular weight excluding hydrogens is 524 g/mol. The second-order valence-electron chi connectivity index (χ2n) is 9.94. The maximum absolute atomic E-state index is 13.0. The number of aromatic nitrogens is 7. The number of alkyl halides is 3. The predicted molar refractivity (Wildman–Crippen MR) is 140 cm³/mol. The number of nitriles is 1. The van der Waals surface area contributed by atoms with E-state index in [9.17, 15) is 18.0 Å². The largest absolute Gasteiger partial charge is 0.451 e. The Morgan fingerprint density at radius 2 is 1.95 bits per heavy atom. The molecule has 1 atom stereocenters. The Morgan fingerprint density at radius 1 is 1.15 bits per heavy atom. The fraction of sp³-hybridized carbons (Fsp3) is 0.400. The number of aromatic amines is 1. The molecule has 206 valence electrons. The lowest BCUT2D eigenvalue weighted by molar-refractivity contribution is -0.145. The van der Waals surface area contributed by atoms with Crippen LogP contribution in [-0.4, -0.2) is 89.9 Å². The van der Waals surface area contributed by atoms with E-state index in [1.807, 2.05) is 23.1 Å². The number of fused-ring (bicyclic) bond motifs is 1. The van der Waals surface area contributed by atoms with Crippen molar-refractivity contribution in [3.8, 4) is 17.3 Å². The first-order valence-corrected chi connectivity index (χ1v) is 12.8. The van der Waals surface area contributed by atoms with E-state index in [1.54, 1.807) is 6.20 Å². The average molecular weight is 550 g/mol. The highest BCUT2D eigenvalue weighted by Crippen LogP contribution is 2.28. The summed E-state index contributed by atoms with van der Waals surface area (Å²) >= 11 is 0. The van der Waals surface area contributed by atoms with Gasteiger partial charge in [-0.15, -0.1) is 0 Å². The van der Waals surface area contributed by atoms with Crippen LogP contribution in [0.2, 0.25) is 0 Å². The standard InChI is InChI=1S/C25H26BF3N10O/c26-24(5-1-2-6-30,15-39-14-17(13-35-39)20-18-3-7-31-21(18)34-16-33-20)38-11-9-37(10-12-38)22(40)19-4-8-32-23(36-19)25(27,28)29/h3-4,7-8,13-14,16H,1-2,5,9-12,15,26H2,(H,31,33,34)/t24-/m1/s1. The number of unbranched alkanes of at least 4 members (excludes halogenated alkanes) is 1. The van der Waals surface area contributed by atoms with Crippen molar-refractivity contribution in [1.29, 1.82) is 5.26 Å². The summed E-state index contributed by atoms with van der Waals surface area (Å²) in [5.41, 5.74) is 1.70. The number of halogens is 3. The number of H-pyrrole nitrogens is 1. The lowest BCUT2D eigenvalue weighted by atomic mass is 9.71. The third-order valence-electron chi connectivity index (χ3n) is 7.23. The summed E-state index contributed by atoms with van der Waals surface area (Å²) in [4.78, 5) is 35.1. The van der Waals surface area contributed by atoms with E-state index in [0.29, 0.717) is 45.6 Å². The van der Waals surface area contributed by atoms with Crippen molar-refractivity contribution in [3.63, 3.8) is 0 Å². The van der Waals surface area contributed by atoms with E-state index < -0.39 is 17.9 Å². The molecule has 0 bridgehead atoms. The molecule has 0 saturated carbocycles. The molecule has 1 fully saturated rings. The van der Waals surface area contributed by atoms with Crippen LogP contribution < -0.4 is 0 Å². The number of piperazine rings is 1. The highest BCUT2D eigenvalue weighted by molar-refractivity contribution is 6.15. The molecule has 0 spiro atoms. The molecule has 11 nitrogen and oxygen atoms in total. The summed E-state index contributed by atoms with van der Waals surface area (Å²) in [6, 6.07) is 5.31. The van der Waals surface area contributed by atoms with Crippen LogP contribution in [0.15, 0.2) is 43.2 Å². The zero-order valence-electron chi connectivity index (χ0n) is 21.8. The molecule has 1 aliphatic rings. The molecule has 0 aromatic carbocycles. The summed E-state index contributed by atoms with van der Waals surface area (Å²) < 4.78 is 40.9. The van der Waals surface area contributed by atoms with Crippen molar-refractivity contribution < 1.29 is 18.0 Å². The van der Waals surface area contributed by atoms with Crippen LogP contribution in [0.4, 0.5) is 13.2 Å². The third kappa shape index (κ3) is 5.67. The van der Waals surface area contributed by atoms with Crippen molar-refractivity contribution in [1.82, 2.24) is 44.5 Å². The van der Waals surface area contributed by atoms with Gasteiger partial charge in [0.15, 0.2) is 0 Å². The zero-order valence-corrected chi connectivity index (χ0v) is 21.8. The zero-order chi connectivity index (χ0) is 28.3. The molecule has 1 saturated heterocycles. The predicted octanol–water partition coefficient (Wildman–Crippen LogP) is 2.11. The second-order valence-corrected chi connectivity index (χ2v) is 9.94. The molecule has 5 rings (SSSR count). The molecule has 1 aliphatic heterocycles. The number of rotatable bonds is 8. The fourth-order valence-corrected chi connectivity index (χ4v) is 5.13. The van der Waals surface area contributed by atoms with E-state index >= 15 is 0 Å². The molecule has 4 aromatic rings. The minimum atomic E-state index is -4.73. The van der Waals surface area contributed by atoms with Crippen LogP contribution in [0.5, 0.6) is 0 Å².